The Bertz CT molecular complexity index is 868. The van der Waals surface area contributed by atoms with Gasteiger partial charge in [0.15, 0.2) is 0 Å². The molecule has 2 aromatic rings. The van der Waals surface area contributed by atoms with Gasteiger partial charge in [-0.3, -0.25) is 9.10 Å². The molecule has 2 aromatic carbocycles. The van der Waals surface area contributed by atoms with Crippen molar-refractivity contribution in [2.45, 2.75) is 40.0 Å². The fourth-order valence-electron chi connectivity index (χ4n) is 3.01. The summed E-state index contributed by atoms with van der Waals surface area (Å²) in [6, 6.07) is 13.2. The zero-order chi connectivity index (χ0) is 20.0. The molecule has 2 rings (SSSR count). The van der Waals surface area contributed by atoms with E-state index in [1.807, 2.05) is 51.1 Å². The van der Waals surface area contributed by atoms with E-state index in [2.05, 4.69) is 5.32 Å². The van der Waals surface area contributed by atoms with E-state index in [4.69, 9.17) is 0 Å². The molecule has 0 fully saturated rings. The summed E-state index contributed by atoms with van der Waals surface area (Å²) in [7, 11) is -3.58. The molecule has 0 saturated heterocycles. The lowest BCUT2D eigenvalue weighted by atomic mass is 10.0. The Labute approximate surface area is 162 Å². The van der Waals surface area contributed by atoms with E-state index in [-0.39, 0.29) is 12.5 Å². The first-order valence-electron chi connectivity index (χ1n) is 9.27. The average Bonchev–Trinajstić information content (AvgIpc) is 2.65. The molecule has 0 unspecified atom stereocenters. The van der Waals surface area contributed by atoms with Crippen molar-refractivity contribution in [3.8, 4) is 0 Å². The van der Waals surface area contributed by atoms with Crippen molar-refractivity contribution >= 4 is 27.3 Å². The summed E-state index contributed by atoms with van der Waals surface area (Å²) in [5, 5.41) is 2.93. The van der Waals surface area contributed by atoms with Crippen molar-refractivity contribution in [3.63, 3.8) is 0 Å². The first-order chi connectivity index (χ1) is 12.8. The summed E-state index contributed by atoms with van der Waals surface area (Å²) < 4.78 is 25.7. The first-order valence-corrected chi connectivity index (χ1v) is 11.1. The fraction of sp³-hybridized carbons (Fsp3) is 0.381. The number of anilines is 2. The van der Waals surface area contributed by atoms with Crippen molar-refractivity contribution in [2.75, 3.05) is 22.4 Å². The number of nitrogens with zero attached hydrogens (tertiary/aromatic N) is 1. The highest BCUT2D eigenvalue weighted by Gasteiger charge is 2.21. The second kappa shape index (κ2) is 9.04. The summed E-state index contributed by atoms with van der Waals surface area (Å²) >= 11 is 0. The van der Waals surface area contributed by atoms with Crippen LogP contribution in [0.15, 0.2) is 42.5 Å². The zero-order valence-corrected chi connectivity index (χ0v) is 17.3. The van der Waals surface area contributed by atoms with Crippen molar-refractivity contribution in [1.29, 1.82) is 0 Å². The number of sulfonamides is 1. The van der Waals surface area contributed by atoms with Crippen LogP contribution in [0, 0.1) is 0 Å². The monoisotopic (exact) mass is 388 g/mol. The van der Waals surface area contributed by atoms with Gasteiger partial charge in [0.1, 0.15) is 6.54 Å². The molecule has 5 nitrogen and oxygen atoms in total. The van der Waals surface area contributed by atoms with E-state index in [1.165, 1.54) is 0 Å². The minimum atomic E-state index is -3.58. The summed E-state index contributed by atoms with van der Waals surface area (Å²) in [6.07, 6.45) is 3.56. The lowest BCUT2D eigenvalue weighted by molar-refractivity contribution is -0.114. The van der Waals surface area contributed by atoms with Crippen LogP contribution in [0.5, 0.6) is 0 Å². The van der Waals surface area contributed by atoms with Crippen LogP contribution in [-0.4, -0.2) is 27.1 Å². The number of hydrogen-bond acceptors (Lipinski definition) is 3. The summed E-state index contributed by atoms with van der Waals surface area (Å²) in [6.45, 7) is 5.84. The number of rotatable bonds is 8. The van der Waals surface area contributed by atoms with Crippen molar-refractivity contribution in [3.05, 3.63) is 59.2 Å². The van der Waals surface area contributed by atoms with E-state index >= 15 is 0 Å². The van der Waals surface area contributed by atoms with Gasteiger partial charge in [0, 0.05) is 5.69 Å². The third-order valence-electron chi connectivity index (χ3n) is 4.58. The molecule has 27 heavy (non-hydrogen) atoms. The van der Waals surface area contributed by atoms with E-state index in [0.29, 0.717) is 5.69 Å². The van der Waals surface area contributed by atoms with Crippen LogP contribution in [0.4, 0.5) is 11.4 Å². The quantitative estimate of drug-likeness (QED) is 0.748. The van der Waals surface area contributed by atoms with Crippen LogP contribution in [0.3, 0.4) is 0 Å². The van der Waals surface area contributed by atoms with Gasteiger partial charge < -0.3 is 5.32 Å². The largest absolute Gasteiger partial charge is 0.324 e. The Morgan fingerprint density at radius 2 is 1.48 bits per heavy atom. The van der Waals surface area contributed by atoms with Gasteiger partial charge in [-0.25, -0.2) is 8.42 Å². The maximum Gasteiger partial charge on any atom is 0.245 e. The molecule has 0 saturated carbocycles. The molecule has 0 aliphatic carbocycles. The van der Waals surface area contributed by atoms with Gasteiger partial charge in [0.05, 0.1) is 11.9 Å². The third kappa shape index (κ3) is 5.32. The SMILES string of the molecule is CCc1ccc(N(CC(=O)Nc2c(CC)cccc2CC)S(C)(=O)=O)cc1. The van der Waals surface area contributed by atoms with Gasteiger partial charge in [-0.05, 0) is 48.1 Å². The Balaban J connectivity index is 2.27. The van der Waals surface area contributed by atoms with Crippen LogP contribution in [0.2, 0.25) is 0 Å². The Morgan fingerprint density at radius 3 is 1.93 bits per heavy atom. The number of benzene rings is 2. The second-order valence-electron chi connectivity index (χ2n) is 6.50. The number of nitrogens with one attached hydrogen (secondary N) is 1. The molecule has 0 aliphatic heterocycles. The summed E-state index contributed by atoms with van der Waals surface area (Å²) in [5.74, 6) is -0.351. The highest BCUT2D eigenvalue weighted by Crippen LogP contribution is 2.23. The molecular weight excluding hydrogens is 360 g/mol. The molecule has 146 valence electrons. The lowest BCUT2D eigenvalue weighted by Gasteiger charge is -2.23. The topological polar surface area (TPSA) is 66.5 Å². The molecular formula is C21H28N2O3S. The van der Waals surface area contributed by atoms with Gasteiger partial charge >= 0.3 is 0 Å². The maximum atomic E-state index is 12.7. The van der Waals surface area contributed by atoms with Crippen molar-refractivity contribution in [2.24, 2.45) is 0 Å². The lowest BCUT2D eigenvalue weighted by Crippen LogP contribution is -2.37. The molecule has 6 heteroatoms. The number of hydrogen-bond donors (Lipinski definition) is 1. The smallest absolute Gasteiger partial charge is 0.245 e. The highest BCUT2D eigenvalue weighted by molar-refractivity contribution is 7.92. The molecule has 0 radical (unpaired) electrons. The van der Waals surface area contributed by atoms with Gasteiger partial charge in [0.2, 0.25) is 15.9 Å². The molecule has 0 heterocycles. The van der Waals surface area contributed by atoms with Crippen LogP contribution in [0.1, 0.15) is 37.5 Å². The maximum absolute atomic E-state index is 12.7. The van der Waals surface area contributed by atoms with Gasteiger partial charge in [0.25, 0.3) is 0 Å². The predicted octanol–water partition coefficient (Wildman–Crippen LogP) is 3.78. The number of carbonyl (C=O) groups is 1. The van der Waals surface area contributed by atoms with E-state index in [0.717, 1.165) is 52.2 Å². The summed E-state index contributed by atoms with van der Waals surface area (Å²) in [5.41, 5.74) is 4.48. The Morgan fingerprint density at radius 1 is 0.926 bits per heavy atom. The third-order valence-corrected chi connectivity index (χ3v) is 5.72. The Hall–Kier alpha value is -2.34. The fourth-order valence-corrected chi connectivity index (χ4v) is 3.87. The second-order valence-corrected chi connectivity index (χ2v) is 8.40. The van der Waals surface area contributed by atoms with E-state index in [1.54, 1.807) is 12.1 Å². The normalized spacial score (nSPS) is 11.3. The molecule has 1 N–H and O–H groups in total. The zero-order valence-electron chi connectivity index (χ0n) is 16.5. The van der Waals surface area contributed by atoms with Crippen LogP contribution < -0.4 is 9.62 Å². The first kappa shape index (κ1) is 21.0. The highest BCUT2D eigenvalue weighted by atomic mass is 32.2. The molecule has 0 aromatic heterocycles. The number of amides is 1. The van der Waals surface area contributed by atoms with Gasteiger partial charge in [-0.1, -0.05) is 51.1 Å². The van der Waals surface area contributed by atoms with Gasteiger partial charge in [-0.15, -0.1) is 0 Å². The van der Waals surface area contributed by atoms with Crippen molar-refractivity contribution in [1.82, 2.24) is 0 Å². The number of para-hydroxylation sites is 1. The number of aryl methyl sites for hydroxylation is 3. The molecule has 1 amide bonds. The molecule has 0 atom stereocenters. The molecule has 0 bridgehead atoms. The van der Waals surface area contributed by atoms with Gasteiger partial charge in [-0.2, -0.15) is 0 Å². The molecule has 0 spiro atoms. The van der Waals surface area contributed by atoms with E-state index in [9.17, 15) is 13.2 Å². The average molecular weight is 389 g/mol. The van der Waals surface area contributed by atoms with Crippen LogP contribution in [0.25, 0.3) is 0 Å². The minimum Gasteiger partial charge on any atom is -0.324 e. The Kier molecular flexibility index (Phi) is 7.02. The van der Waals surface area contributed by atoms with Crippen LogP contribution >= 0.6 is 0 Å². The summed E-state index contributed by atoms with van der Waals surface area (Å²) in [4.78, 5) is 12.7. The van der Waals surface area contributed by atoms with E-state index < -0.39 is 10.0 Å². The predicted molar refractivity (Wildman–Crippen MR) is 112 cm³/mol. The standard InChI is InChI=1S/C21H28N2O3S/c1-5-16-11-13-19(14-12-16)23(27(4,25)26)15-20(24)22-21-17(6-2)9-8-10-18(21)7-3/h8-14H,5-7,15H2,1-4H3,(H,22,24). The minimum absolute atomic E-state index is 0.258. The number of carbonyl (C=O) groups excluding carboxylic acids is 1. The van der Waals surface area contributed by atoms with Crippen LogP contribution in [-0.2, 0) is 34.1 Å². The van der Waals surface area contributed by atoms with Crippen molar-refractivity contribution < 1.29 is 13.2 Å². The molecule has 0 aliphatic rings.